The average molecular weight is 228 g/mol. The zero-order valence-electron chi connectivity index (χ0n) is 10.3. The van der Waals surface area contributed by atoms with E-state index in [-0.39, 0.29) is 5.75 Å². The molecule has 0 heterocycles. The first-order chi connectivity index (χ1) is 8.00. The Morgan fingerprint density at radius 1 is 0.824 bits per heavy atom. The minimum atomic E-state index is 0.231. The quantitative estimate of drug-likeness (QED) is 0.781. The Labute approximate surface area is 101 Å². The summed E-state index contributed by atoms with van der Waals surface area (Å²) in [5.74, 6) is 0.558. The van der Waals surface area contributed by atoms with Gasteiger partial charge in [-0.3, -0.25) is 0 Å². The Balaban J connectivity index is 2.67. The van der Waals surface area contributed by atoms with E-state index in [1.54, 1.807) is 12.1 Å². The molecule has 0 radical (unpaired) electrons. The molecule has 0 aliphatic carbocycles. The lowest BCUT2D eigenvalue weighted by molar-refractivity contribution is 0.471. The zero-order chi connectivity index (χ0) is 12.6. The van der Waals surface area contributed by atoms with Gasteiger partial charge in [0.2, 0.25) is 0 Å². The van der Waals surface area contributed by atoms with Crippen LogP contribution in [-0.2, 0) is 0 Å². The van der Waals surface area contributed by atoms with E-state index in [1.807, 2.05) is 32.9 Å². The predicted molar refractivity (Wildman–Crippen MR) is 69.4 cm³/mol. The lowest BCUT2D eigenvalue weighted by Gasteiger charge is -2.13. The molecule has 2 aromatic rings. The van der Waals surface area contributed by atoms with Gasteiger partial charge in [-0.05, 0) is 55.2 Å². The smallest absolute Gasteiger partial charge is 0.126 e. The fraction of sp³-hybridized carbons (Fsp3) is 0.200. The molecule has 2 aromatic carbocycles. The van der Waals surface area contributed by atoms with Crippen molar-refractivity contribution in [2.75, 3.05) is 0 Å². The van der Waals surface area contributed by atoms with Gasteiger partial charge < -0.3 is 10.2 Å². The molecule has 0 unspecified atom stereocenters. The zero-order valence-corrected chi connectivity index (χ0v) is 10.3. The first kappa shape index (κ1) is 11.5. The van der Waals surface area contributed by atoms with Crippen LogP contribution < -0.4 is 0 Å². The van der Waals surface area contributed by atoms with Crippen LogP contribution in [0.3, 0.4) is 0 Å². The fourth-order valence-electron chi connectivity index (χ4n) is 2.06. The molecular weight excluding hydrogens is 212 g/mol. The highest BCUT2D eigenvalue weighted by atomic mass is 16.3. The van der Waals surface area contributed by atoms with Crippen molar-refractivity contribution in [1.82, 2.24) is 0 Å². The van der Waals surface area contributed by atoms with Gasteiger partial charge in [0.15, 0.2) is 0 Å². The Kier molecular flexibility index (Phi) is 2.80. The largest absolute Gasteiger partial charge is 0.508 e. The van der Waals surface area contributed by atoms with Crippen LogP contribution in [0, 0.1) is 20.8 Å². The van der Waals surface area contributed by atoms with Crippen LogP contribution in [-0.4, -0.2) is 10.2 Å². The molecule has 0 saturated heterocycles. The van der Waals surface area contributed by atoms with Gasteiger partial charge in [0.05, 0.1) is 0 Å². The summed E-state index contributed by atoms with van der Waals surface area (Å²) in [5, 5.41) is 19.5. The van der Waals surface area contributed by atoms with E-state index in [9.17, 15) is 10.2 Å². The van der Waals surface area contributed by atoms with Crippen LogP contribution in [0.5, 0.6) is 11.5 Å². The predicted octanol–water partition coefficient (Wildman–Crippen LogP) is 3.69. The van der Waals surface area contributed by atoms with Crippen molar-refractivity contribution in [3.05, 3.63) is 47.0 Å². The summed E-state index contributed by atoms with van der Waals surface area (Å²) in [5.41, 5.74) is 4.78. The maximum atomic E-state index is 10.2. The number of aromatic hydroxyl groups is 2. The van der Waals surface area contributed by atoms with Crippen LogP contribution >= 0.6 is 0 Å². The molecule has 0 spiro atoms. The molecular formula is C15H16O2. The number of phenolic OH excluding ortho intramolecular Hbond substituents is 2. The van der Waals surface area contributed by atoms with E-state index in [1.165, 1.54) is 0 Å². The highest BCUT2D eigenvalue weighted by Gasteiger charge is 2.12. The number of hydrogen-bond donors (Lipinski definition) is 2. The summed E-state index contributed by atoms with van der Waals surface area (Å²) in [6, 6.07) is 8.95. The van der Waals surface area contributed by atoms with E-state index in [4.69, 9.17) is 0 Å². The van der Waals surface area contributed by atoms with Crippen molar-refractivity contribution in [1.29, 1.82) is 0 Å². The number of phenols is 2. The maximum Gasteiger partial charge on any atom is 0.126 e. The van der Waals surface area contributed by atoms with Crippen LogP contribution in [0.25, 0.3) is 11.1 Å². The summed E-state index contributed by atoms with van der Waals surface area (Å²) in [7, 11) is 0. The molecule has 88 valence electrons. The summed E-state index contributed by atoms with van der Waals surface area (Å²) >= 11 is 0. The lowest BCUT2D eigenvalue weighted by Crippen LogP contribution is -1.90. The monoisotopic (exact) mass is 228 g/mol. The number of rotatable bonds is 1. The molecule has 0 fully saturated rings. The van der Waals surface area contributed by atoms with Crippen molar-refractivity contribution < 1.29 is 10.2 Å². The van der Waals surface area contributed by atoms with Crippen molar-refractivity contribution in [2.45, 2.75) is 20.8 Å². The van der Waals surface area contributed by atoms with E-state index in [0.29, 0.717) is 5.75 Å². The van der Waals surface area contributed by atoms with E-state index in [2.05, 4.69) is 6.07 Å². The van der Waals surface area contributed by atoms with Crippen LogP contribution in [0.1, 0.15) is 16.7 Å². The molecule has 0 aromatic heterocycles. The number of aryl methyl sites for hydroxylation is 2. The van der Waals surface area contributed by atoms with Crippen molar-refractivity contribution in [3.63, 3.8) is 0 Å². The standard InChI is InChI=1S/C15H16O2/c1-9-8-10(2)14(15(17)11(9)3)12-4-6-13(16)7-5-12/h4-8,16-17H,1-3H3. The van der Waals surface area contributed by atoms with Gasteiger partial charge in [-0.25, -0.2) is 0 Å². The molecule has 2 nitrogen and oxygen atoms in total. The van der Waals surface area contributed by atoms with Gasteiger partial charge in [-0.15, -0.1) is 0 Å². The highest BCUT2D eigenvalue weighted by Crippen LogP contribution is 2.37. The highest BCUT2D eigenvalue weighted by molar-refractivity contribution is 5.76. The normalized spacial score (nSPS) is 10.5. The van der Waals surface area contributed by atoms with Crippen LogP contribution in [0.4, 0.5) is 0 Å². The van der Waals surface area contributed by atoms with Gasteiger partial charge in [0.1, 0.15) is 11.5 Å². The second-order valence-corrected chi connectivity index (χ2v) is 4.41. The summed E-state index contributed by atoms with van der Waals surface area (Å²) in [6.07, 6.45) is 0. The second-order valence-electron chi connectivity index (χ2n) is 4.41. The third-order valence-electron chi connectivity index (χ3n) is 3.17. The third-order valence-corrected chi connectivity index (χ3v) is 3.17. The van der Waals surface area contributed by atoms with E-state index in [0.717, 1.165) is 27.8 Å². The molecule has 2 heteroatoms. The van der Waals surface area contributed by atoms with Crippen LogP contribution in [0.2, 0.25) is 0 Å². The molecule has 0 aliphatic heterocycles. The maximum absolute atomic E-state index is 10.2. The molecule has 0 saturated carbocycles. The summed E-state index contributed by atoms with van der Waals surface area (Å²) in [4.78, 5) is 0. The molecule has 2 N–H and O–H groups in total. The van der Waals surface area contributed by atoms with Gasteiger partial charge in [-0.1, -0.05) is 18.2 Å². The van der Waals surface area contributed by atoms with E-state index < -0.39 is 0 Å². The molecule has 0 amide bonds. The Morgan fingerprint density at radius 2 is 1.41 bits per heavy atom. The average Bonchev–Trinajstić information content (AvgIpc) is 2.29. The molecule has 0 bridgehead atoms. The lowest BCUT2D eigenvalue weighted by atomic mass is 9.94. The van der Waals surface area contributed by atoms with Crippen molar-refractivity contribution in [3.8, 4) is 22.6 Å². The summed E-state index contributed by atoms with van der Waals surface area (Å²) < 4.78 is 0. The topological polar surface area (TPSA) is 40.5 Å². The molecule has 17 heavy (non-hydrogen) atoms. The Morgan fingerprint density at radius 3 is 2.00 bits per heavy atom. The minimum absolute atomic E-state index is 0.231. The SMILES string of the molecule is Cc1cc(C)c(-c2ccc(O)cc2)c(O)c1C. The first-order valence-electron chi connectivity index (χ1n) is 5.60. The molecule has 0 atom stereocenters. The number of benzene rings is 2. The van der Waals surface area contributed by atoms with Crippen LogP contribution in [0.15, 0.2) is 30.3 Å². The first-order valence-corrected chi connectivity index (χ1v) is 5.60. The van der Waals surface area contributed by atoms with Gasteiger partial charge in [0, 0.05) is 5.56 Å². The van der Waals surface area contributed by atoms with Gasteiger partial charge >= 0.3 is 0 Å². The minimum Gasteiger partial charge on any atom is -0.508 e. The Hall–Kier alpha value is -1.96. The van der Waals surface area contributed by atoms with Crippen molar-refractivity contribution >= 4 is 0 Å². The number of hydrogen-bond acceptors (Lipinski definition) is 2. The summed E-state index contributed by atoms with van der Waals surface area (Å²) in [6.45, 7) is 5.88. The second kappa shape index (κ2) is 4.13. The van der Waals surface area contributed by atoms with Gasteiger partial charge in [0.25, 0.3) is 0 Å². The van der Waals surface area contributed by atoms with Crippen molar-refractivity contribution in [2.24, 2.45) is 0 Å². The Bertz CT molecular complexity index is 554. The fourth-order valence-corrected chi connectivity index (χ4v) is 2.06. The third kappa shape index (κ3) is 1.98. The molecule has 2 rings (SSSR count). The molecule has 0 aliphatic rings. The van der Waals surface area contributed by atoms with E-state index >= 15 is 0 Å². The van der Waals surface area contributed by atoms with Gasteiger partial charge in [-0.2, -0.15) is 0 Å².